The van der Waals surface area contributed by atoms with Gasteiger partial charge in [-0.05, 0) is 42.8 Å². The van der Waals surface area contributed by atoms with Crippen molar-refractivity contribution in [2.24, 2.45) is 0 Å². The molecule has 0 bridgehead atoms. The van der Waals surface area contributed by atoms with Crippen molar-refractivity contribution in [2.75, 3.05) is 0 Å². The minimum absolute atomic E-state index is 0.0822. The fraction of sp³-hybridized carbons (Fsp3) is 0.0455. The zero-order valence-electron chi connectivity index (χ0n) is 14.0. The third kappa shape index (κ3) is 2.89. The summed E-state index contributed by atoms with van der Waals surface area (Å²) in [7, 11) is 0. The van der Waals surface area contributed by atoms with Gasteiger partial charge in [-0.15, -0.1) is 11.3 Å². The molecule has 0 saturated carbocycles. The normalized spacial score (nSPS) is 11.0. The third-order valence-corrected chi connectivity index (χ3v) is 5.52. The first-order chi connectivity index (χ1) is 12.5. The fourth-order valence-electron chi connectivity index (χ4n) is 2.96. The topological polar surface area (TPSA) is 37.3 Å². The Morgan fingerprint density at radius 3 is 2.35 bits per heavy atom. The molecule has 0 spiro atoms. The lowest BCUT2D eigenvalue weighted by molar-refractivity contribution is 0.104. The number of carbonyl (C=O) groups is 1. The Morgan fingerprint density at radius 1 is 0.962 bits per heavy atom. The maximum Gasteiger partial charge on any atom is 0.195 e. The smallest absolute Gasteiger partial charge is 0.195 e. The average molecular weight is 362 g/mol. The average Bonchev–Trinajstić information content (AvgIpc) is 3.00. The number of fused-ring (bicyclic) bond motifs is 1. The molecular formula is C22H15FO2S. The second kappa shape index (κ2) is 6.39. The highest BCUT2D eigenvalue weighted by Gasteiger charge is 2.21. The van der Waals surface area contributed by atoms with Crippen LogP contribution in [0.25, 0.3) is 20.5 Å². The molecule has 4 heteroatoms. The van der Waals surface area contributed by atoms with Gasteiger partial charge in [0.25, 0.3) is 0 Å². The molecule has 0 fully saturated rings. The van der Waals surface area contributed by atoms with Crippen LogP contribution in [0.4, 0.5) is 4.39 Å². The Balaban J connectivity index is 1.96. The number of phenolic OH excluding ortho intramolecular Hbond substituents is 1. The number of benzene rings is 3. The summed E-state index contributed by atoms with van der Waals surface area (Å²) in [6.07, 6.45) is 0. The highest BCUT2D eigenvalue weighted by Crippen LogP contribution is 2.41. The number of rotatable bonds is 3. The van der Waals surface area contributed by atoms with Crippen molar-refractivity contribution in [3.05, 3.63) is 89.2 Å². The summed E-state index contributed by atoms with van der Waals surface area (Å²) in [6.45, 7) is 1.97. The predicted molar refractivity (Wildman–Crippen MR) is 103 cm³/mol. The van der Waals surface area contributed by atoms with Gasteiger partial charge < -0.3 is 5.11 Å². The first-order valence-corrected chi connectivity index (χ1v) is 8.97. The van der Waals surface area contributed by atoms with E-state index < -0.39 is 0 Å². The number of hydrogen-bond acceptors (Lipinski definition) is 3. The minimum Gasteiger partial charge on any atom is -0.508 e. The first kappa shape index (κ1) is 16.5. The molecule has 0 amide bonds. The summed E-state index contributed by atoms with van der Waals surface area (Å²) < 4.78 is 14.1. The van der Waals surface area contributed by atoms with Crippen molar-refractivity contribution in [1.82, 2.24) is 0 Å². The molecule has 0 radical (unpaired) electrons. The van der Waals surface area contributed by atoms with E-state index in [1.54, 1.807) is 30.3 Å². The summed E-state index contributed by atoms with van der Waals surface area (Å²) in [5.41, 5.74) is 3.05. The molecule has 1 aromatic heterocycles. The minimum atomic E-state index is -0.320. The van der Waals surface area contributed by atoms with Crippen LogP contribution in [0, 0.1) is 12.7 Å². The van der Waals surface area contributed by atoms with Crippen LogP contribution in [-0.4, -0.2) is 10.9 Å². The van der Waals surface area contributed by atoms with Gasteiger partial charge in [-0.2, -0.15) is 0 Å². The maximum absolute atomic E-state index is 13.3. The van der Waals surface area contributed by atoms with Crippen molar-refractivity contribution in [2.45, 2.75) is 6.92 Å². The number of phenols is 1. The molecule has 0 unspecified atom stereocenters. The number of aromatic hydroxyl groups is 1. The third-order valence-electron chi connectivity index (χ3n) is 4.32. The molecule has 1 N–H and O–H groups in total. The van der Waals surface area contributed by atoms with E-state index in [0.717, 1.165) is 26.1 Å². The molecule has 0 aliphatic heterocycles. The zero-order chi connectivity index (χ0) is 18.3. The molecule has 0 aliphatic carbocycles. The Kier molecular flexibility index (Phi) is 4.05. The van der Waals surface area contributed by atoms with E-state index in [4.69, 9.17) is 0 Å². The monoisotopic (exact) mass is 362 g/mol. The molecule has 0 atom stereocenters. The molecule has 0 aliphatic rings. The van der Waals surface area contributed by atoms with Crippen molar-refractivity contribution in [3.63, 3.8) is 0 Å². The molecule has 128 valence electrons. The van der Waals surface area contributed by atoms with Crippen LogP contribution in [0.1, 0.15) is 21.5 Å². The van der Waals surface area contributed by atoms with E-state index in [1.165, 1.54) is 23.5 Å². The standard InChI is InChI=1S/C22H15FO2S/c1-13-2-4-14(5-3-13)21(25)20-18-11-10-17(24)12-19(18)26-22(20)15-6-8-16(23)9-7-15/h2-12,24H,1H3. The number of halogens is 1. The van der Waals surface area contributed by atoms with Gasteiger partial charge in [0.15, 0.2) is 5.78 Å². The molecule has 3 aromatic carbocycles. The Bertz CT molecular complexity index is 1110. The van der Waals surface area contributed by atoms with Crippen molar-refractivity contribution in [1.29, 1.82) is 0 Å². The van der Waals surface area contributed by atoms with Crippen molar-refractivity contribution in [3.8, 4) is 16.2 Å². The largest absolute Gasteiger partial charge is 0.508 e. The van der Waals surface area contributed by atoms with Gasteiger partial charge in [-0.25, -0.2) is 4.39 Å². The van der Waals surface area contributed by atoms with Gasteiger partial charge in [0.05, 0.1) is 0 Å². The van der Waals surface area contributed by atoms with E-state index in [0.29, 0.717) is 11.1 Å². The number of aryl methyl sites for hydroxylation is 1. The maximum atomic E-state index is 13.3. The second-order valence-corrected chi connectivity index (χ2v) is 7.24. The highest BCUT2D eigenvalue weighted by molar-refractivity contribution is 7.22. The number of ketones is 1. The van der Waals surface area contributed by atoms with Crippen LogP contribution in [0.5, 0.6) is 5.75 Å². The molecule has 0 saturated heterocycles. The van der Waals surface area contributed by atoms with Gasteiger partial charge >= 0.3 is 0 Å². The Hall–Kier alpha value is -2.98. The number of carbonyl (C=O) groups excluding carboxylic acids is 1. The summed E-state index contributed by atoms with van der Waals surface area (Å²) >= 11 is 1.42. The van der Waals surface area contributed by atoms with Crippen molar-refractivity contribution < 1.29 is 14.3 Å². The van der Waals surface area contributed by atoms with E-state index in [2.05, 4.69) is 0 Å². The SMILES string of the molecule is Cc1ccc(C(=O)c2c(-c3ccc(F)cc3)sc3cc(O)ccc23)cc1. The summed E-state index contributed by atoms with van der Waals surface area (Å²) in [4.78, 5) is 14.0. The van der Waals surface area contributed by atoms with E-state index in [9.17, 15) is 14.3 Å². The van der Waals surface area contributed by atoms with Gasteiger partial charge in [-0.1, -0.05) is 42.0 Å². The lowest BCUT2D eigenvalue weighted by Crippen LogP contribution is -2.02. The van der Waals surface area contributed by atoms with Gasteiger partial charge in [0.1, 0.15) is 11.6 Å². The number of hydrogen-bond donors (Lipinski definition) is 1. The van der Waals surface area contributed by atoms with Crippen LogP contribution in [-0.2, 0) is 0 Å². The summed E-state index contributed by atoms with van der Waals surface area (Å²) in [5.74, 6) is -0.251. The van der Waals surface area contributed by atoms with E-state index in [1.807, 2.05) is 31.2 Å². The summed E-state index contributed by atoms with van der Waals surface area (Å²) in [5, 5.41) is 10.6. The van der Waals surface area contributed by atoms with Gasteiger partial charge in [0.2, 0.25) is 0 Å². The molecule has 1 heterocycles. The Labute approximate surface area is 154 Å². The quantitative estimate of drug-likeness (QED) is 0.457. The molecule has 26 heavy (non-hydrogen) atoms. The van der Waals surface area contributed by atoms with E-state index >= 15 is 0 Å². The highest BCUT2D eigenvalue weighted by atomic mass is 32.1. The fourth-order valence-corrected chi connectivity index (χ4v) is 4.20. The zero-order valence-corrected chi connectivity index (χ0v) is 14.8. The van der Waals surface area contributed by atoms with Crippen LogP contribution >= 0.6 is 11.3 Å². The lowest BCUT2D eigenvalue weighted by atomic mass is 9.97. The number of thiophene rings is 1. The van der Waals surface area contributed by atoms with Crippen LogP contribution in [0.2, 0.25) is 0 Å². The van der Waals surface area contributed by atoms with E-state index in [-0.39, 0.29) is 17.3 Å². The first-order valence-electron chi connectivity index (χ1n) is 8.16. The van der Waals surface area contributed by atoms with Crippen LogP contribution < -0.4 is 0 Å². The summed E-state index contributed by atoms with van der Waals surface area (Å²) in [6, 6.07) is 18.6. The van der Waals surface area contributed by atoms with Gasteiger partial charge in [-0.3, -0.25) is 4.79 Å². The molecular weight excluding hydrogens is 347 g/mol. The van der Waals surface area contributed by atoms with Crippen LogP contribution in [0.15, 0.2) is 66.7 Å². The molecule has 4 rings (SSSR count). The lowest BCUT2D eigenvalue weighted by Gasteiger charge is -2.06. The second-order valence-electron chi connectivity index (χ2n) is 6.19. The van der Waals surface area contributed by atoms with Crippen LogP contribution in [0.3, 0.4) is 0 Å². The molecule has 4 aromatic rings. The predicted octanol–water partition coefficient (Wildman–Crippen LogP) is 5.95. The Morgan fingerprint density at radius 2 is 1.65 bits per heavy atom. The van der Waals surface area contributed by atoms with Gasteiger partial charge in [0, 0.05) is 26.1 Å². The molecule has 2 nitrogen and oxygen atoms in total. The van der Waals surface area contributed by atoms with Crippen molar-refractivity contribution >= 4 is 27.2 Å².